The largest absolute Gasteiger partial charge is 0.480 e. The SMILES string of the molecule is O=C(O)C1(c2ccc(C(F)(F)F)cc2)CCCCN1. The normalized spacial score (nSPS) is 24.2. The van der Waals surface area contributed by atoms with Gasteiger partial charge in [-0.05, 0) is 43.5 Å². The minimum Gasteiger partial charge on any atom is -0.480 e. The molecule has 1 aliphatic rings. The zero-order valence-electron chi connectivity index (χ0n) is 10.1. The molecule has 19 heavy (non-hydrogen) atoms. The fourth-order valence-electron chi connectivity index (χ4n) is 2.40. The summed E-state index contributed by atoms with van der Waals surface area (Å²) in [7, 11) is 0. The summed E-state index contributed by atoms with van der Waals surface area (Å²) < 4.78 is 37.5. The molecule has 0 aliphatic carbocycles. The minimum atomic E-state index is -4.41. The Bertz CT molecular complexity index is 462. The summed E-state index contributed by atoms with van der Waals surface area (Å²) in [6, 6.07) is 4.34. The molecule has 104 valence electrons. The summed E-state index contributed by atoms with van der Waals surface area (Å²) in [4.78, 5) is 11.5. The molecule has 0 spiro atoms. The first-order valence-electron chi connectivity index (χ1n) is 6.02. The standard InChI is InChI=1S/C13H14F3NO2/c14-13(15,16)10-5-3-9(4-6-10)12(11(18)19)7-1-2-8-17-12/h3-6,17H,1-2,7-8H2,(H,18,19). The van der Waals surface area contributed by atoms with E-state index in [-0.39, 0.29) is 0 Å². The molecule has 0 aromatic heterocycles. The van der Waals surface area contributed by atoms with Crippen LogP contribution in [0.4, 0.5) is 13.2 Å². The number of rotatable bonds is 2. The van der Waals surface area contributed by atoms with Crippen molar-refractivity contribution in [2.75, 3.05) is 6.54 Å². The smallest absolute Gasteiger partial charge is 0.416 e. The number of carboxylic acids is 1. The topological polar surface area (TPSA) is 49.3 Å². The molecule has 3 nitrogen and oxygen atoms in total. The van der Waals surface area contributed by atoms with Crippen LogP contribution < -0.4 is 5.32 Å². The molecule has 1 unspecified atom stereocenters. The molecule has 1 saturated heterocycles. The van der Waals surface area contributed by atoms with Crippen molar-refractivity contribution in [3.63, 3.8) is 0 Å². The van der Waals surface area contributed by atoms with Crippen LogP contribution in [0.3, 0.4) is 0 Å². The lowest BCUT2D eigenvalue weighted by molar-refractivity contribution is -0.146. The predicted octanol–water partition coefficient (Wildman–Crippen LogP) is 2.76. The molecule has 1 aromatic carbocycles. The maximum Gasteiger partial charge on any atom is 0.416 e. The van der Waals surface area contributed by atoms with E-state index in [1.165, 1.54) is 12.1 Å². The van der Waals surface area contributed by atoms with Gasteiger partial charge < -0.3 is 5.11 Å². The molecule has 0 radical (unpaired) electrons. The van der Waals surface area contributed by atoms with E-state index in [1.54, 1.807) is 0 Å². The van der Waals surface area contributed by atoms with Crippen molar-refractivity contribution in [2.24, 2.45) is 0 Å². The lowest BCUT2D eigenvalue weighted by Gasteiger charge is -2.35. The van der Waals surface area contributed by atoms with Crippen molar-refractivity contribution in [1.82, 2.24) is 5.32 Å². The number of hydrogen-bond acceptors (Lipinski definition) is 2. The predicted molar refractivity (Wildman–Crippen MR) is 62.6 cm³/mol. The third kappa shape index (κ3) is 2.58. The molecule has 1 heterocycles. The number of benzene rings is 1. The molecule has 2 rings (SSSR count). The number of aliphatic carboxylic acids is 1. The first-order valence-corrected chi connectivity index (χ1v) is 6.02. The van der Waals surface area contributed by atoms with Crippen LogP contribution in [0.5, 0.6) is 0 Å². The van der Waals surface area contributed by atoms with Gasteiger partial charge in [-0.1, -0.05) is 12.1 Å². The van der Waals surface area contributed by atoms with E-state index in [9.17, 15) is 23.1 Å². The summed E-state index contributed by atoms with van der Waals surface area (Å²) >= 11 is 0. The van der Waals surface area contributed by atoms with Crippen LogP contribution in [0.25, 0.3) is 0 Å². The van der Waals surface area contributed by atoms with E-state index in [0.717, 1.165) is 25.0 Å². The maximum absolute atomic E-state index is 12.5. The van der Waals surface area contributed by atoms with E-state index in [4.69, 9.17) is 0 Å². The molecule has 1 fully saturated rings. The zero-order chi connectivity index (χ0) is 14.1. The Morgan fingerprint density at radius 3 is 2.26 bits per heavy atom. The van der Waals surface area contributed by atoms with Crippen molar-refractivity contribution in [2.45, 2.75) is 31.0 Å². The molecule has 2 N–H and O–H groups in total. The van der Waals surface area contributed by atoms with Crippen LogP contribution >= 0.6 is 0 Å². The van der Waals surface area contributed by atoms with E-state index in [0.29, 0.717) is 18.5 Å². The van der Waals surface area contributed by atoms with E-state index < -0.39 is 23.2 Å². The van der Waals surface area contributed by atoms with E-state index in [1.807, 2.05) is 0 Å². The maximum atomic E-state index is 12.5. The minimum absolute atomic E-state index is 0.368. The summed E-state index contributed by atoms with van der Waals surface area (Å²) in [6.45, 7) is 0.549. The summed E-state index contributed by atoms with van der Waals surface area (Å²) in [5.41, 5.74) is -1.66. The highest BCUT2D eigenvalue weighted by atomic mass is 19.4. The van der Waals surface area contributed by atoms with E-state index >= 15 is 0 Å². The van der Waals surface area contributed by atoms with Gasteiger partial charge in [0.2, 0.25) is 0 Å². The van der Waals surface area contributed by atoms with Crippen LogP contribution in [0.15, 0.2) is 24.3 Å². The molecule has 1 aromatic rings. The second-order valence-corrected chi connectivity index (χ2v) is 4.67. The highest BCUT2D eigenvalue weighted by Gasteiger charge is 2.41. The Morgan fingerprint density at radius 1 is 1.21 bits per heavy atom. The molecule has 1 atom stereocenters. The van der Waals surface area contributed by atoms with Crippen molar-refractivity contribution >= 4 is 5.97 Å². The van der Waals surface area contributed by atoms with Crippen molar-refractivity contribution in [3.8, 4) is 0 Å². The van der Waals surface area contributed by atoms with Crippen molar-refractivity contribution < 1.29 is 23.1 Å². The van der Waals surface area contributed by atoms with Crippen LogP contribution in [0, 0.1) is 0 Å². The lowest BCUT2D eigenvalue weighted by Crippen LogP contribution is -2.51. The van der Waals surface area contributed by atoms with Crippen LogP contribution in [-0.2, 0) is 16.5 Å². The lowest BCUT2D eigenvalue weighted by atomic mass is 9.82. The molecule has 0 bridgehead atoms. The van der Waals surface area contributed by atoms with Gasteiger partial charge in [-0.3, -0.25) is 5.32 Å². The molecular formula is C13H14F3NO2. The van der Waals surface area contributed by atoms with Gasteiger partial charge in [0.25, 0.3) is 0 Å². The summed E-state index contributed by atoms with van der Waals surface area (Å²) in [5, 5.41) is 12.3. The van der Waals surface area contributed by atoms with Gasteiger partial charge in [0.15, 0.2) is 0 Å². The monoisotopic (exact) mass is 273 g/mol. The van der Waals surface area contributed by atoms with E-state index in [2.05, 4.69) is 5.32 Å². The van der Waals surface area contributed by atoms with Gasteiger partial charge >= 0.3 is 12.1 Å². The second-order valence-electron chi connectivity index (χ2n) is 4.67. The van der Waals surface area contributed by atoms with Crippen LogP contribution in [0.2, 0.25) is 0 Å². The van der Waals surface area contributed by atoms with Gasteiger partial charge in [-0.2, -0.15) is 13.2 Å². The van der Waals surface area contributed by atoms with Crippen LogP contribution in [0.1, 0.15) is 30.4 Å². The number of alkyl halides is 3. The Balaban J connectivity index is 2.36. The Morgan fingerprint density at radius 2 is 1.84 bits per heavy atom. The van der Waals surface area contributed by atoms with Crippen LogP contribution in [-0.4, -0.2) is 17.6 Å². The highest BCUT2D eigenvalue weighted by molar-refractivity contribution is 5.81. The number of carbonyl (C=O) groups is 1. The Hall–Kier alpha value is -1.56. The number of piperidine rings is 1. The number of carboxylic acid groups (broad SMARTS) is 1. The molecule has 0 saturated carbocycles. The number of halogens is 3. The fraction of sp³-hybridized carbons (Fsp3) is 0.462. The third-order valence-corrected chi connectivity index (χ3v) is 3.48. The Kier molecular flexibility index (Phi) is 3.54. The van der Waals surface area contributed by atoms with Gasteiger partial charge in [0.05, 0.1) is 5.56 Å². The molecule has 1 aliphatic heterocycles. The molecule has 0 amide bonds. The first kappa shape index (κ1) is 13.9. The molecular weight excluding hydrogens is 259 g/mol. The van der Waals surface area contributed by atoms with Crippen molar-refractivity contribution in [1.29, 1.82) is 0 Å². The number of hydrogen-bond donors (Lipinski definition) is 2. The molecule has 6 heteroatoms. The first-order chi connectivity index (χ1) is 8.86. The average molecular weight is 273 g/mol. The number of nitrogens with one attached hydrogen (secondary N) is 1. The summed E-state index contributed by atoms with van der Waals surface area (Å²) in [5.74, 6) is -1.05. The average Bonchev–Trinajstić information content (AvgIpc) is 2.38. The quantitative estimate of drug-likeness (QED) is 0.871. The van der Waals surface area contributed by atoms with Gasteiger partial charge in [0.1, 0.15) is 5.54 Å². The Labute approximate surface area is 108 Å². The zero-order valence-corrected chi connectivity index (χ0v) is 10.1. The van der Waals surface area contributed by atoms with Gasteiger partial charge in [0, 0.05) is 0 Å². The second kappa shape index (κ2) is 4.85. The summed E-state index contributed by atoms with van der Waals surface area (Å²) in [6.07, 6.45) is -2.42. The fourth-order valence-corrected chi connectivity index (χ4v) is 2.40. The van der Waals surface area contributed by atoms with Gasteiger partial charge in [-0.25, -0.2) is 4.79 Å². The third-order valence-electron chi connectivity index (χ3n) is 3.48. The highest BCUT2D eigenvalue weighted by Crippen LogP contribution is 2.34. The van der Waals surface area contributed by atoms with Crippen molar-refractivity contribution in [3.05, 3.63) is 35.4 Å². The van der Waals surface area contributed by atoms with Gasteiger partial charge in [-0.15, -0.1) is 0 Å².